The number of anilines is 1. The number of esters is 1. The summed E-state index contributed by atoms with van der Waals surface area (Å²) < 4.78 is 37.0. The number of halogens is 3. The Hall–Kier alpha value is -3.35. The summed E-state index contributed by atoms with van der Waals surface area (Å²) in [5.41, 5.74) is 3.78. The van der Waals surface area contributed by atoms with E-state index >= 15 is 0 Å². The van der Waals surface area contributed by atoms with E-state index in [-0.39, 0.29) is 30.2 Å². The summed E-state index contributed by atoms with van der Waals surface area (Å²) in [5.74, 6) is -3.16. The minimum atomic E-state index is -1.06. The van der Waals surface area contributed by atoms with Crippen LogP contribution in [0.5, 0.6) is 0 Å². The minimum absolute atomic E-state index is 0.0554. The molecule has 0 saturated heterocycles. The Morgan fingerprint density at radius 3 is 2.60 bits per heavy atom. The highest BCUT2D eigenvalue weighted by Gasteiger charge is 2.26. The van der Waals surface area contributed by atoms with Crippen molar-refractivity contribution in [3.63, 3.8) is 0 Å². The zero-order chi connectivity index (χ0) is 25.5. The van der Waals surface area contributed by atoms with Crippen molar-refractivity contribution in [2.24, 2.45) is 0 Å². The Morgan fingerprint density at radius 1 is 1.20 bits per heavy atom. The molecule has 0 aliphatic rings. The Labute approximate surface area is 207 Å². The van der Waals surface area contributed by atoms with Gasteiger partial charge in [0.25, 0.3) is 0 Å². The predicted molar refractivity (Wildman–Crippen MR) is 126 cm³/mol. The predicted octanol–water partition coefficient (Wildman–Crippen LogP) is 4.26. The van der Waals surface area contributed by atoms with Crippen LogP contribution in [0, 0.1) is 11.6 Å². The van der Waals surface area contributed by atoms with Crippen molar-refractivity contribution < 1.29 is 32.6 Å². The van der Waals surface area contributed by atoms with Crippen LogP contribution in [-0.4, -0.2) is 47.7 Å². The number of benzene rings is 2. The van der Waals surface area contributed by atoms with Gasteiger partial charge in [-0.05, 0) is 17.7 Å². The first-order valence-corrected chi connectivity index (χ1v) is 11.4. The normalized spacial score (nSPS) is 11.7. The van der Waals surface area contributed by atoms with Crippen LogP contribution in [0.15, 0.2) is 36.4 Å². The molecule has 0 saturated carbocycles. The van der Waals surface area contributed by atoms with E-state index in [4.69, 9.17) is 21.1 Å². The van der Waals surface area contributed by atoms with E-state index in [2.05, 4.69) is 15.7 Å². The number of nitrogens with one attached hydrogen (secondary N) is 2. The van der Waals surface area contributed by atoms with Crippen molar-refractivity contribution in [3.8, 4) is 0 Å². The van der Waals surface area contributed by atoms with Crippen molar-refractivity contribution >= 4 is 56.3 Å². The van der Waals surface area contributed by atoms with Gasteiger partial charge in [-0.15, -0.1) is 0 Å². The van der Waals surface area contributed by atoms with Crippen molar-refractivity contribution in [2.75, 3.05) is 19.0 Å². The smallest absolute Gasteiger partial charge is 0.413 e. The lowest BCUT2D eigenvalue weighted by atomic mass is 10.2. The molecule has 0 radical (unpaired) electrons. The van der Waals surface area contributed by atoms with Crippen molar-refractivity contribution in [1.82, 2.24) is 15.4 Å². The number of nitrogens with zero attached hydrogens (tertiary/aromatic N) is 2. The molecule has 0 unspecified atom stereocenters. The summed E-state index contributed by atoms with van der Waals surface area (Å²) >= 11 is 7.08. The third kappa shape index (κ3) is 7.07. The van der Waals surface area contributed by atoms with Crippen LogP contribution in [0.1, 0.15) is 18.9 Å². The molecule has 0 spiro atoms. The van der Waals surface area contributed by atoms with E-state index in [0.717, 1.165) is 28.5 Å². The maximum atomic E-state index is 13.4. The Balaban J connectivity index is 1.67. The molecule has 1 atom stereocenters. The number of carbonyl (C=O) groups is 3. The van der Waals surface area contributed by atoms with Crippen LogP contribution in [0.25, 0.3) is 10.2 Å². The van der Waals surface area contributed by atoms with Crippen molar-refractivity contribution in [1.29, 1.82) is 0 Å². The molecule has 2 amide bonds. The number of ether oxygens (including phenoxy) is 2. The maximum Gasteiger partial charge on any atom is 0.413 e. The van der Waals surface area contributed by atoms with Crippen LogP contribution in [0.2, 0.25) is 5.02 Å². The average molecular weight is 527 g/mol. The molecule has 3 aromatic rings. The van der Waals surface area contributed by atoms with Crippen LogP contribution >= 0.6 is 22.9 Å². The summed E-state index contributed by atoms with van der Waals surface area (Å²) in [6.07, 6.45) is -1.20. The zero-order valence-corrected chi connectivity index (χ0v) is 20.2. The first-order chi connectivity index (χ1) is 16.7. The summed E-state index contributed by atoms with van der Waals surface area (Å²) in [7, 11) is 1.20. The van der Waals surface area contributed by atoms with Gasteiger partial charge in [0.2, 0.25) is 5.91 Å². The zero-order valence-electron chi connectivity index (χ0n) is 18.6. The molecule has 2 N–H and O–H groups in total. The minimum Gasteiger partial charge on any atom is -0.469 e. The average Bonchev–Trinajstić information content (AvgIpc) is 3.18. The van der Waals surface area contributed by atoms with Gasteiger partial charge in [0, 0.05) is 24.6 Å². The van der Waals surface area contributed by atoms with Gasteiger partial charge >= 0.3 is 12.1 Å². The highest BCUT2D eigenvalue weighted by molar-refractivity contribution is 7.22. The third-order valence-corrected chi connectivity index (χ3v) is 6.08. The van der Waals surface area contributed by atoms with Gasteiger partial charge in [-0.3, -0.25) is 19.9 Å². The Morgan fingerprint density at radius 2 is 1.91 bits per heavy atom. The lowest BCUT2D eigenvalue weighted by molar-refractivity contribution is -0.146. The molecular weight excluding hydrogens is 506 g/mol. The number of fused-ring (bicyclic) bond motifs is 1. The summed E-state index contributed by atoms with van der Waals surface area (Å²) in [6.45, 7) is 1.08. The van der Waals surface area contributed by atoms with Gasteiger partial charge in [0.15, 0.2) is 16.8 Å². The molecule has 35 heavy (non-hydrogen) atoms. The number of carbonyl (C=O) groups excluding carboxylic acids is 3. The fourth-order valence-corrected chi connectivity index (χ4v) is 4.14. The second kappa shape index (κ2) is 11.9. The number of hydrogen-bond donors (Lipinski definition) is 2. The van der Waals surface area contributed by atoms with Gasteiger partial charge in [-0.25, -0.2) is 24.0 Å². The molecule has 13 heteroatoms. The molecule has 0 fully saturated rings. The lowest BCUT2D eigenvalue weighted by Gasteiger charge is -2.30. The SMILES string of the molecule is COC(=O)C[C@@H](COC(=O)Nc1nc2cc(F)c(F)cc2s1)N(NCc1ccccc1Cl)C(C)=O. The molecule has 9 nitrogen and oxygen atoms in total. The molecule has 3 rings (SSSR count). The van der Waals surface area contributed by atoms with Gasteiger partial charge in [-0.2, -0.15) is 0 Å². The fraction of sp³-hybridized carbons (Fsp3) is 0.273. The number of rotatable bonds is 9. The monoisotopic (exact) mass is 526 g/mol. The van der Waals surface area contributed by atoms with Crippen molar-refractivity contribution in [3.05, 3.63) is 58.6 Å². The molecule has 0 aliphatic carbocycles. The van der Waals surface area contributed by atoms with E-state index in [9.17, 15) is 23.2 Å². The number of hydrazine groups is 1. The first-order valence-electron chi connectivity index (χ1n) is 10.2. The summed E-state index contributed by atoms with van der Waals surface area (Å²) in [6, 6.07) is 7.99. The Bertz CT molecular complexity index is 1200. The first kappa shape index (κ1) is 26.3. The largest absolute Gasteiger partial charge is 0.469 e. The highest BCUT2D eigenvalue weighted by atomic mass is 35.5. The van der Waals surface area contributed by atoms with Crippen LogP contribution in [0.3, 0.4) is 0 Å². The molecule has 2 aromatic carbocycles. The number of hydrogen-bond acceptors (Lipinski definition) is 8. The van der Waals surface area contributed by atoms with Crippen molar-refractivity contribution in [2.45, 2.75) is 25.9 Å². The number of thiazole rings is 1. The quantitative estimate of drug-likeness (QED) is 0.316. The number of methoxy groups -OCH3 is 1. The molecule has 1 heterocycles. The van der Waals surface area contributed by atoms with Gasteiger partial charge in [0.05, 0.1) is 29.8 Å². The highest BCUT2D eigenvalue weighted by Crippen LogP contribution is 2.28. The van der Waals surface area contributed by atoms with Crippen LogP contribution in [-0.2, 0) is 25.6 Å². The van der Waals surface area contributed by atoms with Crippen LogP contribution in [0.4, 0.5) is 18.7 Å². The van der Waals surface area contributed by atoms with Gasteiger partial charge < -0.3 is 9.47 Å². The van der Waals surface area contributed by atoms with E-state index < -0.39 is 35.6 Å². The Kier molecular flexibility index (Phi) is 8.90. The van der Waals surface area contributed by atoms with E-state index in [1.54, 1.807) is 24.3 Å². The molecule has 0 bridgehead atoms. The maximum absolute atomic E-state index is 13.4. The summed E-state index contributed by atoms with van der Waals surface area (Å²) in [5, 5.41) is 4.07. The van der Waals surface area contributed by atoms with E-state index in [1.165, 1.54) is 14.0 Å². The molecule has 0 aliphatic heterocycles. The fourth-order valence-electron chi connectivity index (χ4n) is 3.08. The standard InChI is InChI=1S/C22H21ClF2N4O5S/c1-12(30)29(26-10-13-5-3-4-6-15(13)23)14(7-20(31)33-2)11-34-22(32)28-21-27-18-8-16(24)17(25)9-19(18)35-21/h3-6,8-9,14,26H,7,10-11H2,1-2H3,(H,27,28,32)/t14-/m0/s1. The second-order valence-electron chi connectivity index (χ2n) is 7.23. The lowest BCUT2D eigenvalue weighted by Crippen LogP contribution is -2.51. The van der Waals surface area contributed by atoms with Crippen LogP contribution < -0.4 is 10.7 Å². The molecule has 1 aromatic heterocycles. The van der Waals surface area contributed by atoms with Gasteiger partial charge in [-0.1, -0.05) is 41.1 Å². The number of amides is 2. The topological polar surface area (TPSA) is 110 Å². The third-order valence-electron chi connectivity index (χ3n) is 4.78. The second-order valence-corrected chi connectivity index (χ2v) is 8.66. The number of aromatic nitrogens is 1. The molecule has 186 valence electrons. The molecular formula is C22H21ClF2N4O5S. The van der Waals surface area contributed by atoms with E-state index in [0.29, 0.717) is 15.3 Å². The van der Waals surface area contributed by atoms with Gasteiger partial charge in [0.1, 0.15) is 6.61 Å². The van der Waals surface area contributed by atoms with E-state index in [1.807, 2.05) is 0 Å². The summed E-state index contributed by atoms with van der Waals surface area (Å²) in [4.78, 5) is 40.6.